The van der Waals surface area contributed by atoms with Crippen molar-refractivity contribution >= 4 is 21.8 Å². The van der Waals surface area contributed by atoms with Crippen molar-refractivity contribution in [2.45, 2.75) is 13.3 Å². The first-order valence-corrected chi connectivity index (χ1v) is 7.34. The molecule has 0 unspecified atom stereocenters. The molecule has 0 radical (unpaired) electrons. The minimum atomic E-state index is 0.802. The number of benzene rings is 2. The summed E-state index contributed by atoms with van der Waals surface area (Å²) in [4.78, 5) is 13.5. The van der Waals surface area contributed by atoms with Crippen LogP contribution in [-0.4, -0.2) is 15.0 Å². The summed E-state index contributed by atoms with van der Waals surface area (Å²) in [5, 5.41) is 2.40. The number of rotatable bonds is 2. The average Bonchev–Trinajstić information content (AvgIpc) is 2.54. The SMILES string of the molecule is Cc1cnc2ccc(Cc3cc4ccccc4cn3)cc2n1. The van der Waals surface area contributed by atoms with Crippen LogP contribution in [0.15, 0.2) is 60.9 Å². The Balaban J connectivity index is 1.72. The van der Waals surface area contributed by atoms with Crippen LogP contribution in [0.2, 0.25) is 0 Å². The minimum Gasteiger partial charge on any atom is -0.260 e. The standard InChI is InChI=1S/C19H15N3/c1-13-11-21-18-7-6-14(9-19(18)22-13)8-17-10-15-4-2-3-5-16(15)12-20-17/h2-7,9-12H,8H2,1H3. The van der Waals surface area contributed by atoms with E-state index in [0.717, 1.165) is 28.8 Å². The van der Waals surface area contributed by atoms with Crippen molar-refractivity contribution in [2.75, 3.05) is 0 Å². The summed E-state index contributed by atoms with van der Waals surface area (Å²) in [5.74, 6) is 0. The number of aromatic nitrogens is 3. The number of pyridine rings is 1. The molecule has 0 spiro atoms. The first kappa shape index (κ1) is 12.9. The lowest BCUT2D eigenvalue weighted by atomic mass is 10.1. The molecular formula is C19H15N3. The van der Waals surface area contributed by atoms with Crippen molar-refractivity contribution in [2.24, 2.45) is 0 Å². The number of hydrogen-bond acceptors (Lipinski definition) is 3. The molecule has 0 amide bonds. The lowest BCUT2D eigenvalue weighted by Gasteiger charge is -2.05. The zero-order valence-electron chi connectivity index (χ0n) is 12.3. The van der Waals surface area contributed by atoms with Gasteiger partial charge in [-0.05, 0) is 36.1 Å². The molecular weight excluding hydrogens is 270 g/mol. The van der Waals surface area contributed by atoms with Crippen molar-refractivity contribution in [3.8, 4) is 0 Å². The molecule has 0 atom stereocenters. The predicted octanol–water partition coefficient (Wildman–Crippen LogP) is 4.08. The molecule has 3 nitrogen and oxygen atoms in total. The molecule has 2 heterocycles. The van der Waals surface area contributed by atoms with Gasteiger partial charge in [-0.25, -0.2) is 4.98 Å². The predicted molar refractivity (Wildman–Crippen MR) is 88.8 cm³/mol. The highest BCUT2D eigenvalue weighted by atomic mass is 14.8. The van der Waals surface area contributed by atoms with Gasteiger partial charge < -0.3 is 0 Å². The molecule has 2 aromatic heterocycles. The van der Waals surface area contributed by atoms with Crippen molar-refractivity contribution in [1.82, 2.24) is 15.0 Å². The monoisotopic (exact) mass is 285 g/mol. The maximum Gasteiger partial charge on any atom is 0.0892 e. The zero-order chi connectivity index (χ0) is 14.9. The molecule has 0 bridgehead atoms. The van der Waals surface area contributed by atoms with Crippen LogP contribution in [-0.2, 0) is 6.42 Å². The van der Waals surface area contributed by atoms with Gasteiger partial charge in [-0.1, -0.05) is 30.3 Å². The molecule has 0 aliphatic heterocycles. The third kappa shape index (κ3) is 2.42. The third-order valence-electron chi connectivity index (χ3n) is 3.80. The normalized spacial score (nSPS) is 11.1. The zero-order valence-corrected chi connectivity index (χ0v) is 12.3. The molecule has 0 N–H and O–H groups in total. The van der Waals surface area contributed by atoms with Gasteiger partial charge in [0.15, 0.2) is 0 Å². The van der Waals surface area contributed by atoms with Crippen molar-refractivity contribution < 1.29 is 0 Å². The van der Waals surface area contributed by atoms with Crippen LogP contribution >= 0.6 is 0 Å². The van der Waals surface area contributed by atoms with Crippen LogP contribution in [0.4, 0.5) is 0 Å². The Morgan fingerprint density at radius 3 is 2.59 bits per heavy atom. The fourth-order valence-electron chi connectivity index (χ4n) is 2.69. The van der Waals surface area contributed by atoms with E-state index in [4.69, 9.17) is 0 Å². The molecule has 22 heavy (non-hydrogen) atoms. The van der Waals surface area contributed by atoms with Gasteiger partial charge in [0.05, 0.1) is 16.7 Å². The highest BCUT2D eigenvalue weighted by Crippen LogP contribution is 2.18. The van der Waals surface area contributed by atoms with Crippen LogP contribution in [0, 0.1) is 6.92 Å². The van der Waals surface area contributed by atoms with Crippen LogP contribution in [0.3, 0.4) is 0 Å². The Kier molecular flexibility index (Phi) is 3.04. The van der Waals surface area contributed by atoms with Crippen LogP contribution in [0.1, 0.15) is 17.0 Å². The van der Waals surface area contributed by atoms with E-state index in [9.17, 15) is 0 Å². The topological polar surface area (TPSA) is 38.7 Å². The van der Waals surface area contributed by atoms with Gasteiger partial charge in [-0.15, -0.1) is 0 Å². The molecule has 106 valence electrons. The summed E-state index contributed by atoms with van der Waals surface area (Å²) in [7, 11) is 0. The van der Waals surface area contributed by atoms with Crippen LogP contribution < -0.4 is 0 Å². The average molecular weight is 285 g/mol. The molecule has 0 aliphatic carbocycles. The van der Waals surface area contributed by atoms with Crippen LogP contribution in [0.25, 0.3) is 21.8 Å². The molecule has 4 aromatic rings. The van der Waals surface area contributed by atoms with Gasteiger partial charge in [0, 0.05) is 29.9 Å². The van der Waals surface area contributed by atoms with Crippen LogP contribution in [0.5, 0.6) is 0 Å². The van der Waals surface area contributed by atoms with E-state index in [0.29, 0.717) is 0 Å². The maximum absolute atomic E-state index is 4.56. The summed E-state index contributed by atoms with van der Waals surface area (Å²) < 4.78 is 0. The van der Waals surface area contributed by atoms with E-state index in [-0.39, 0.29) is 0 Å². The first-order valence-electron chi connectivity index (χ1n) is 7.34. The van der Waals surface area contributed by atoms with Crippen molar-refractivity contribution in [1.29, 1.82) is 0 Å². The summed E-state index contributed by atoms with van der Waals surface area (Å²) in [6, 6.07) is 16.7. The number of fused-ring (bicyclic) bond motifs is 2. The van der Waals surface area contributed by atoms with Crippen molar-refractivity contribution in [3.63, 3.8) is 0 Å². The second kappa shape index (κ2) is 5.19. The van der Waals surface area contributed by atoms with Gasteiger partial charge >= 0.3 is 0 Å². The molecule has 4 rings (SSSR count). The lowest BCUT2D eigenvalue weighted by Crippen LogP contribution is -1.94. The second-order valence-electron chi connectivity index (χ2n) is 5.53. The fourth-order valence-corrected chi connectivity index (χ4v) is 2.69. The van der Waals surface area contributed by atoms with Gasteiger partial charge in [-0.2, -0.15) is 0 Å². The Labute approximate surface area is 128 Å². The largest absolute Gasteiger partial charge is 0.260 e. The summed E-state index contributed by atoms with van der Waals surface area (Å²) in [6.07, 6.45) is 4.54. The summed E-state index contributed by atoms with van der Waals surface area (Å²) in [5.41, 5.74) is 5.08. The fraction of sp³-hybridized carbons (Fsp3) is 0.105. The highest BCUT2D eigenvalue weighted by molar-refractivity contribution is 5.82. The third-order valence-corrected chi connectivity index (χ3v) is 3.80. The summed E-state index contributed by atoms with van der Waals surface area (Å²) >= 11 is 0. The van der Waals surface area contributed by atoms with Crippen molar-refractivity contribution in [3.05, 3.63) is 77.9 Å². The second-order valence-corrected chi connectivity index (χ2v) is 5.53. The Bertz CT molecular complexity index is 976. The van der Waals surface area contributed by atoms with E-state index in [1.54, 1.807) is 6.20 Å². The Morgan fingerprint density at radius 2 is 1.68 bits per heavy atom. The Hall–Kier alpha value is -2.81. The smallest absolute Gasteiger partial charge is 0.0892 e. The van der Waals surface area contributed by atoms with E-state index < -0.39 is 0 Å². The number of hydrogen-bond donors (Lipinski definition) is 0. The maximum atomic E-state index is 4.56. The highest BCUT2D eigenvalue weighted by Gasteiger charge is 2.03. The lowest BCUT2D eigenvalue weighted by molar-refractivity contribution is 1.08. The molecule has 2 aromatic carbocycles. The van der Waals surface area contributed by atoms with E-state index >= 15 is 0 Å². The van der Waals surface area contributed by atoms with E-state index in [2.05, 4.69) is 51.4 Å². The molecule has 0 saturated heterocycles. The van der Waals surface area contributed by atoms with Gasteiger partial charge in [0.2, 0.25) is 0 Å². The van der Waals surface area contributed by atoms with Gasteiger partial charge in [0.25, 0.3) is 0 Å². The Morgan fingerprint density at radius 1 is 0.818 bits per heavy atom. The van der Waals surface area contributed by atoms with E-state index in [1.807, 2.05) is 25.3 Å². The number of aryl methyl sites for hydroxylation is 1. The first-order chi connectivity index (χ1) is 10.8. The molecule has 0 aliphatic rings. The quantitative estimate of drug-likeness (QED) is 0.557. The summed E-state index contributed by atoms with van der Waals surface area (Å²) in [6.45, 7) is 1.96. The molecule has 0 fully saturated rings. The minimum absolute atomic E-state index is 0.802. The molecule has 0 saturated carbocycles. The van der Waals surface area contributed by atoms with Gasteiger partial charge in [0.1, 0.15) is 0 Å². The van der Waals surface area contributed by atoms with Gasteiger partial charge in [-0.3, -0.25) is 9.97 Å². The number of nitrogens with zero attached hydrogens (tertiary/aromatic N) is 3. The molecule has 3 heteroatoms. The van der Waals surface area contributed by atoms with E-state index in [1.165, 1.54) is 16.3 Å².